The molecule has 1 aromatic heterocycles. The first-order valence-corrected chi connectivity index (χ1v) is 6.06. The molecule has 0 atom stereocenters. The van der Waals surface area contributed by atoms with Crippen molar-refractivity contribution in [2.24, 2.45) is 0 Å². The van der Waals surface area contributed by atoms with Crippen LogP contribution in [-0.2, 0) is 11.3 Å². The number of hydrogen-bond donors (Lipinski definition) is 1. The van der Waals surface area contributed by atoms with E-state index < -0.39 is 0 Å². The second kappa shape index (κ2) is 5.63. The Morgan fingerprint density at radius 2 is 2.29 bits per heavy atom. The fourth-order valence-corrected chi connectivity index (χ4v) is 1.84. The fourth-order valence-electron chi connectivity index (χ4n) is 1.44. The van der Waals surface area contributed by atoms with E-state index in [0.717, 1.165) is 10.2 Å². The van der Waals surface area contributed by atoms with Gasteiger partial charge < -0.3 is 5.32 Å². The summed E-state index contributed by atoms with van der Waals surface area (Å²) in [6.07, 6.45) is 3.95. The Kier molecular flexibility index (Phi) is 3.93. The van der Waals surface area contributed by atoms with Crippen molar-refractivity contribution in [2.75, 3.05) is 5.32 Å². The van der Waals surface area contributed by atoms with Gasteiger partial charge in [-0.3, -0.25) is 9.48 Å². The van der Waals surface area contributed by atoms with E-state index in [1.54, 1.807) is 10.9 Å². The second-order valence-electron chi connectivity index (χ2n) is 3.58. The average Bonchev–Trinajstić information content (AvgIpc) is 2.79. The van der Waals surface area contributed by atoms with Gasteiger partial charge in [-0.1, -0.05) is 22.0 Å². The van der Waals surface area contributed by atoms with Crippen LogP contribution in [0.3, 0.4) is 0 Å². The van der Waals surface area contributed by atoms with Gasteiger partial charge in [-0.2, -0.15) is 5.10 Å². The minimum atomic E-state index is -0.0152. The van der Waals surface area contributed by atoms with Crippen LogP contribution in [0.1, 0.15) is 6.42 Å². The number of carbonyl (C=O) groups excluding carboxylic acids is 1. The molecule has 5 heteroatoms. The van der Waals surface area contributed by atoms with E-state index in [9.17, 15) is 4.79 Å². The lowest BCUT2D eigenvalue weighted by Gasteiger charge is -2.05. The van der Waals surface area contributed by atoms with E-state index >= 15 is 0 Å². The number of amides is 1. The zero-order valence-electron chi connectivity index (χ0n) is 9.14. The molecule has 0 saturated heterocycles. The number of nitrogens with zero attached hydrogens (tertiary/aromatic N) is 2. The molecule has 0 fully saturated rings. The maximum atomic E-state index is 11.7. The lowest BCUT2D eigenvalue weighted by atomic mass is 10.3. The third-order valence-corrected chi connectivity index (χ3v) is 2.73. The van der Waals surface area contributed by atoms with Crippen molar-refractivity contribution in [3.63, 3.8) is 0 Å². The largest absolute Gasteiger partial charge is 0.326 e. The Morgan fingerprint density at radius 1 is 1.41 bits per heavy atom. The number of carbonyl (C=O) groups is 1. The number of halogens is 1. The van der Waals surface area contributed by atoms with Crippen LogP contribution in [0, 0.1) is 0 Å². The molecule has 17 heavy (non-hydrogen) atoms. The Labute approximate surface area is 108 Å². The second-order valence-corrected chi connectivity index (χ2v) is 4.49. The lowest BCUT2D eigenvalue weighted by Crippen LogP contribution is -2.14. The van der Waals surface area contributed by atoms with E-state index in [0.29, 0.717) is 13.0 Å². The summed E-state index contributed by atoms with van der Waals surface area (Å²) in [4.78, 5) is 11.7. The first-order valence-electron chi connectivity index (χ1n) is 5.27. The van der Waals surface area contributed by atoms with Gasteiger partial charge in [0.15, 0.2) is 0 Å². The number of aromatic nitrogens is 2. The number of benzene rings is 1. The maximum absolute atomic E-state index is 11.7. The summed E-state index contributed by atoms with van der Waals surface area (Å²) in [6.45, 7) is 0.590. The number of hydrogen-bond acceptors (Lipinski definition) is 2. The number of aryl methyl sites for hydroxylation is 1. The number of nitrogens with one attached hydrogen (secondary N) is 1. The highest BCUT2D eigenvalue weighted by molar-refractivity contribution is 9.10. The van der Waals surface area contributed by atoms with Gasteiger partial charge in [-0.05, 0) is 24.3 Å². The molecule has 0 aliphatic carbocycles. The van der Waals surface area contributed by atoms with Crippen molar-refractivity contribution >= 4 is 27.5 Å². The van der Waals surface area contributed by atoms with Gasteiger partial charge in [0.1, 0.15) is 0 Å². The molecule has 2 aromatic rings. The molecular weight excluding hydrogens is 282 g/mol. The maximum Gasteiger partial charge on any atom is 0.226 e. The molecule has 0 radical (unpaired) electrons. The van der Waals surface area contributed by atoms with Crippen LogP contribution in [0.5, 0.6) is 0 Å². The standard InChI is InChI=1S/C12H12BrN3O/c13-10-3-1-4-11(9-10)15-12(17)5-8-16-7-2-6-14-16/h1-4,6-7,9H,5,8H2,(H,15,17). The van der Waals surface area contributed by atoms with E-state index in [2.05, 4.69) is 26.3 Å². The molecule has 1 aromatic carbocycles. The zero-order chi connectivity index (χ0) is 12.1. The Morgan fingerprint density at radius 3 is 3.00 bits per heavy atom. The highest BCUT2D eigenvalue weighted by atomic mass is 79.9. The zero-order valence-corrected chi connectivity index (χ0v) is 10.7. The smallest absolute Gasteiger partial charge is 0.226 e. The molecule has 4 nitrogen and oxygen atoms in total. The summed E-state index contributed by atoms with van der Waals surface area (Å²) in [7, 11) is 0. The highest BCUT2D eigenvalue weighted by Crippen LogP contribution is 2.15. The molecule has 1 amide bonds. The molecule has 0 aliphatic rings. The Hall–Kier alpha value is -1.62. The van der Waals surface area contributed by atoms with Crippen LogP contribution in [-0.4, -0.2) is 15.7 Å². The molecule has 0 aliphatic heterocycles. The SMILES string of the molecule is O=C(CCn1cccn1)Nc1cccc(Br)c1. The first kappa shape index (κ1) is 11.9. The predicted molar refractivity (Wildman–Crippen MR) is 69.6 cm³/mol. The monoisotopic (exact) mass is 293 g/mol. The van der Waals surface area contributed by atoms with Gasteiger partial charge in [0, 0.05) is 35.5 Å². The van der Waals surface area contributed by atoms with Crippen molar-refractivity contribution in [1.82, 2.24) is 9.78 Å². The molecule has 88 valence electrons. The summed E-state index contributed by atoms with van der Waals surface area (Å²) in [6, 6.07) is 9.36. The van der Waals surface area contributed by atoms with E-state index in [1.807, 2.05) is 36.5 Å². The van der Waals surface area contributed by atoms with Crippen LogP contribution >= 0.6 is 15.9 Å². The van der Waals surface area contributed by atoms with Crippen molar-refractivity contribution in [3.8, 4) is 0 Å². The summed E-state index contributed by atoms with van der Waals surface area (Å²) >= 11 is 3.36. The van der Waals surface area contributed by atoms with E-state index in [-0.39, 0.29) is 5.91 Å². The summed E-state index contributed by atoms with van der Waals surface area (Å²) in [5.41, 5.74) is 0.796. The van der Waals surface area contributed by atoms with Crippen LogP contribution in [0.2, 0.25) is 0 Å². The van der Waals surface area contributed by atoms with Crippen LogP contribution in [0.25, 0.3) is 0 Å². The molecule has 1 N–H and O–H groups in total. The van der Waals surface area contributed by atoms with E-state index in [1.165, 1.54) is 0 Å². The molecular formula is C12H12BrN3O. The topological polar surface area (TPSA) is 46.9 Å². The minimum Gasteiger partial charge on any atom is -0.326 e. The molecule has 0 saturated carbocycles. The summed E-state index contributed by atoms with van der Waals surface area (Å²) in [5.74, 6) is -0.0152. The van der Waals surface area contributed by atoms with Crippen molar-refractivity contribution < 1.29 is 4.79 Å². The molecule has 2 rings (SSSR count). The predicted octanol–water partition coefficient (Wildman–Crippen LogP) is 2.67. The number of anilines is 1. The van der Waals surface area contributed by atoms with Crippen LogP contribution in [0.15, 0.2) is 47.2 Å². The number of rotatable bonds is 4. The van der Waals surface area contributed by atoms with Crippen molar-refractivity contribution in [3.05, 3.63) is 47.2 Å². The van der Waals surface area contributed by atoms with Gasteiger partial charge in [0.25, 0.3) is 0 Å². The van der Waals surface area contributed by atoms with Crippen LogP contribution in [0.4, 0.5) is 5.69 Å². The van der Waals surface area contributed by atoms with Crippen LogP contribution < -0.4 is 5.32 Å². The van der Waals surface area contributed by atoms with Crippen molar-refractivity contribution in [1.29, 1.82) is 0 Å². The molecule has 0 unspecified atom stereocenters. The molecule has 0 spiro atoms. The average molecular weight is 294 g/mol. The van der Waals surface area contributed by atoms with Gasteiger partial charge in [-0.25, -0.2) is 0 Å². The van der Waals surface area contributed by atoms with Crippen molar-refractivity contribution in [2.45, 2.75) is 13.0 Å². The van der Waals surface area contributed by atoms with Gasteiger partial charge in [0.05, 0.1) is 0 Å². The Bertz CT molecular complexity index is 496. The molecule has 1 heterocycles. The highest BCUT2D eigenvalue weighted by Gasteiger charge is 2.03. The quantitative estimate of drug-likeness (QED) is 0.942. The third kappa shape index (κ3) is 3.71. The summed E-state index contributed by atoms with van der Waals surface area (Å²) < 4.78 is 2.68. The Balaban J connectivity index is 1.85. The first-order chi connectivity index (χ1) is 8.24. The van der Waals surface area contributed by atoms with Gasteiger partial charge in [-0.15, -0.1) is 0 Å². The summed E-state index contributed by atoms with van der Waals surface area (Å²) in [5, 5.41) is 6.87. The van der Waals surface area contributed by atoms with E-state index in [4.69, 9.17) is 0 Å². The normalized spacial score (nSPS) is 10.2. The minimum absolute atomic E-state index is 0.0152. The van der Waals surface area contributed by atoms with Gasteiger partial charge >= 0.3 is 0 Å². The molecule has 0 bridgehead atoms. The third-order valence-electron chi connectivity index (χ3n) is 2.24. The lowest BCUT2D eigenvalue weighted by molar-refractivity contribution is -0.116. The fraction of sp³-hybridized carbons (Fsp3) is 0.167. The van der Waals surface area contributed by atoms with Gasteiger partial charge in [0.2, 0.25) is 5.91 Å².